The summed E-state index contributed by atoms with van der Waals surface area (Å²) in [4.78, 5) is 2.92. The van der Waals surface area contributed by atoms with Crippen molar-refractivity contribution in [1.29, 1.82) is 0 Å². The highest BCUT2D eigenvalue weighted by Crippen LogP contribution is 2.28. The van der Waals surface area contributed by atoms with Gasteiger partial charge in [0.25, 0.3) is 0 Å². The zero-order chi connectivity index (χ0) is 12.7. The molecular weight excluding hydrogens is 294 g/mol. The maximum absolute atomic E-state index is 3.63. The zero-order valence-electron chi connectivity index (χ0n) is 11.2. The van der Waals surface area contributed by atoms with Crippen LogP contribution in [0.15, 0.2) is 10.5 Å². The molecule has 0 atom stereocenters. The Morgan fingerprint density at radius 1 is 1.29 bits per heavy atom. The molecule has 0 fully saturated rings. The Morgan fingerprint density at radius 2 is 2.06 bits per heavy atom. The molecule has 1 nitrogen and oxygen atoms in total. The van der Waals surface area contributed by atoms with Crippen LogP contribution < -0.4 is 5.32 Å². The molecule has 0 aromatic carbocycles. The lowest BCUT2D eigenvalue weighted by Crippen LogP contribution is -2.20. The summed E-state index contributed by atoms with van der Waals surface area (Å²) in [5.41, 5.74) is 0. The minimum atomic E-state index is 0.764. The van der Waals surface area contributed by atoms with Crippen molar-refractivity contribution in [3.05, 3.63) is 20.3 Å². The third kappa shape index (κ3) is 6.58. The highest BCUT2D eigenvalue weighted by Gasteiger charge is 2.03. The summed E-state index contributed by atoms with van der Waals surface area (Å²) in [7, 11) is 0. The number of thiophene rings is 1. The lowest BCUT2D eigenvalue weighted by atomic mass is 10.1. The van der Waals surface area contributed by atoms with Gasteiger partial charge in [-0.25, -0.2) is 0 Å². The van der Waals surface area contributed by atoms with Crippen LogP contribution in [0.2, 0.25) is 0 Å². The quantitative estimate of drug-likeness (QED) is 0.680. The Morgan fingerprint density at radius 3 is 2.65 bits per heavy atom. The Labute approximate surface area is 118 Å². The van der Waals surface area contributed by atoms with Gasteiger partial charge in [0.1, 0.15) is 0 Å². The van der Waals surface area contributed by atoms with Crippen LogP contribution in [0.25, 0.3) is 0 Å². The second kappa shape index (κ2) is 8.28. The van der Waals surface area contributed by atoms with Gasteiger partial charge in [-0.2, -0.15) is 0 Å². The highest BCUT2D eigenvalue weighted by molar-refractivity contribution is 9.10. The largest absolute Gasteiger partial charge is 0.316 e. The van der Waals surface area contributed by atoms with Gasteiger partial charge in [0.05, 0.1) is 0 Å². The molecule has 0 saturated carbocycles. The molecular formula is C14H24BrNS. The summed E-state index contributed by atoms with van der Waals surface area (Å²) in [5.74, 6) is 0.764. The molecule has 0 bridgehead atoms. The second-order valence-electron chi connectivity index (χ2n) is 5.04. The van der Waals surface area contributed by atoms with Gasteiger partial charge in [0.15, 0.2) is 0 Å². The van der Waals surface area contributed by atoms with E-state index in [2.05, 4.69) is 48.1 Å². The summed E-state index contributed by atoms with van der Waals surface area (Å²) < 4.78 is 1.30. The summed E-state index contributed by atoms with van der Waals surface area (Å²) in [6.07, 6.45) is 5.16. The van der Waals surface area contributed by atoms with Crippen LogP contribution in [0.4, 0.5) is 0 Å². The number of halogens is 1. The SMILES string of the molecule is Cc1cc(Br)c(CCCCCNCC(C)C)s1. The Balaban J connectivity index is 2.03. The van der Waals surface area contributed by atoms with Crippen molar-refractivity contribution in [3.63, 3.8) is 0 Å². The van der Waals surface area contributed by atoms with Gasteiger partial charge in [-0.3, -0.25) is 0 Å². The summed E-state index contributed by atoms with van der Waals surface area (Å²) in [6.45, 7) is 9.00. The van der Waals surface area contributed by atoms with Crippen LogP contribution in [0.5, 0.6) is 0 Å². The standard InChI is InChI=1S/C14H24BrNS/c1-11(2)10-16-8-6-4-5-7-14-13(15)9-12(3)17-14/h9,11,16H,4-8,10H2,1-3H3. The fourth-order valence-corrected chi connectivity index (χ4v) is 3.71. The van der Waals surface area contributed by atoms with Gasteiger partial charge in [-0.15, -0.1) is 11.3 Å². The van der Waals surface area contributed by atoms with E-state index in [1.54, 1.807) is 0 Å². The Hall–Kier alpha value is 0.140. The number of nitrogens with one attached hydrogen (secondary N) is 1. The van der Waals surface area contributed by atoms with E-state index in [0.29, 0.717) is 0 Å². The average molecular weight is 318 g/mol. The monoisotopic (exact) mass is 317 g/mol. The van der Waals surface area contributed by atoms with E-state index in [9.17, 15) is 0 Å². The minimum Gasteiger partial charge on any atom is -0.316 e. The van der Waals surface area contributed by atoms with E-state index in [1.165, 1.54) is 46.5 Å². The predicted octanol–water partition coefficient (Wildman–Crippen LogP) is 4.78. The second-order valence-corrected chi connectivity index (χ2v) is 7.23. The van der Waals surface area contributed by atoms with E-state index < -0.39 is 0 Å². The molecule has 1 aromatic heterocycles. The van der Waals surface area contributed by atoms with Crippen LogP contribution in [0.3, 0.4) is 0 Å². The van der Waals surface area contributed by atoms with Crippen LogP contribution in [0.1, 0.15) is 42.9 Å². The molecule has 0 aliphatic rings. The first kappa shape index (κ1) is 15.2. The van der Waals surface area contributed by atoms with Gasteiger partial charge < -0.3 is 5.32 Å². The van der Waals surface area contributed by atoms with E-state index in [0.717, 1.165) is 12.5 Å². The molecule has 3 heteroatoms. The number of hydrogen-bond donors (Lipinski definition) is 1. The van der Waals surface area contributed by atoms with Crippen LogP contribution in [-0.2, 0) is 6.42 Å². The van der Waals surface area contributed by atoms with Gasteiger partial charge in [-0.05, 0) is 67.2 Å². The Kier molecular flexibility index (Phi) is 7.40. The first-order valence-electron chi connectivity index (χ1n) is 6.55. The maximum Gasteiger partial charge on any atom is 0.0317 e. The molecule has 0 amide bonds. The first-order valence-corrected chi connectivity index (χ1v) is 8.16. The molecule has 0 spiro atoms. The molecule has 98 valence electrons. The predicted molar refractivity (Wildman–Crippen MR) is 82.0 cm³/mol. The molecule has 17 heavy (non-hydrogen) atoms. The van der Waals surface area contributed by atoms with Gasteiger partial charge in [-0.1, -0.05) is 20.3 Å². The molecule has 1 aromatic rings. The van der Waals surface area contributed by atoms with Gasteiger partial charge in [0, 0.05) is 14.2 Å². The first-order chi connectivity index (χ1) is 8.09. The molecule has 0 aliphatic heterocycles. The van der Waals surface area contributed by atoms with Crippen molar-refractivity contribution >= 4 is 27.3 Å². The third-order valence-electron chi connectivity index (χ3n) is 2.69. The Bertz CT molecular complexity index is 320. The lowest BCUT2D eigenvalue weighted by Gasteiger charge is -2.06. The summed E-state index contributed by atoms with van der Waals surface area (Å²) in [6, 6.07) is 2.23. The topological polar surface area (TPSA) is 12.0 Å². The van der Waals surface area contributed by atoms with Crippen molar-refractivity contribution in [1.82, 2.24) is 5.32 Å². The number of hydrogen-bond acceptors (Lipinski definition) is 2. The molecule has 0 radical (unpaired) electrons. The number of unbranched alkanes of at least 4 members (excludes halogenated alkanes) is 2. The van der Waals surface area contributed by atoms with Crippen molar-refractivity contribution in [2.24, 2.45) is 5.92 Å². The molecule has 1 N–H and O–H groups in total. The molecule has 1 heterocycles. The fraction of sp³-hybridized carbons (Fsp3) is 0.714. The minimum absolute atomic E-state index is 0.764. The zero-order valence-corrected chi connectivity index (χ0v) is 13.6. The smallest absolute Gasteiger partial charge is 0.0317 e. The van der Waals surface area contributed by atoms with E-state index in [1.807, 2.05) is 11.3 Å². The maximum atomic E-state index is 3.63. The van der Waals surface area contributed by atoms with Gasteiger partial charge >= 0.3 is 0 Å². The van der Waals surface area contributed by atoms with Crippen LogP contribution in [0, 0.1) is 12.8 Å². The lowest BCUT2D eigenvalue weighted by molar-refractivity contribution is 0.530. The normalized spacial score (nSPS) is 11.4. The summed E-state index contributed by atoms with van der Waals surface area (Å²) >= 11 is 5.55. The molecule has 0 aliphatic carbocycles. The van der Waals surface area contributed by atoms with Gasteiger partial charge in [0.2, 0.25) is 0 Å². The van der Waals surface area contributed by atoms with Crippen LogP contribution in [-0.4, -0.2) is 13.1 Å². The fourth-order valence-electron chi connectivity index (χ4n) is 1.81. The number of rotatable bonds is 8. The van der Waals surface area contributed by atoms with Crippen molar-refractivity contribution in [2.75, 3.05) is 13.1 Å². The van der Waals surface area contributed by atoms with E-state index >= 15 is 0 Å². The molecule has 1 rings (SSSR count). The van der Waals surface area contributed by atoms with E-state index in [4.69, 9.17) is 0 Å². The van der Waals surface area contributed by atoms with Crippen LogP contribution >= 0.6 is 27.3 Å². The average Bonchev–Trinajstić information content (AvgIpc) is 2.55. The molecule has 0 saturated heterocycles. The summed E-state index contributed by atoms with van der Waals surface area (Å²) in [5, 5.41) is 3.49. The number of aryl methyl sites for hydroxylation is 2. The van der Waals surface area contributed by atoms with Crippen molar-refractivity contribution in [3.8, 4) is 0 Å². The van der Waals surface area contributed by atoms with Crippen molar-refractivity contribution in [2.45, 2.75) is 46.5 Å². The third-order valence-corrected chi connectivity index (χ3v) is 4.77. The van der Waals surface area contributed by atoms with E-state index in [-0.39, 0.29) is 0 Å². The van der Waals surface area contributed by atoms with Crippen molar-refractivity contribution < 1.29 is 0 Å². The molecule has 0 unspecified atom stereocenters. The highest BCUT2D eigenvalue weighted by atomic mass is 79.9.